The van der Waals surface area contributed by atoms with Gasteiger partial charge >= 0.3 is 0 Å². The minimum absolute atomic E-state index is 0.275. The summed E-state index contributed by atoms with van der Waals surface area (Å²) in [6, 6.07) is 18.6. The molecule has 23 heavy (non-hydrogen) atoms. The van der Waals surface area contributed by atoms with Crippen LogP contribution in [0.15, 0.2) is 60.8 Å². The zero-order valence-electron chi connectivity index (χ0n) is 13.3. The van der Waals surface area contributed by atoms with Gasteiger partial charge in [0.1, 0.15) is 0 Å². The van der Waals surface area contributed by atoms with Crippen molar-refractivity contribution in [3.63, 3.8) is 0 Å². The molecule has 1 N–H and O–H groups in total. The SMILES string of the molecule is CN(C)C(CNc1ccc2ncccc2c1)c1ccc(Cl)cc1. The van der Waals surface area contributed by atoms with Crippen molar-refractivity contribution in [3.05, 3.63) is 71.4 Å². The number of likely N-dealkylation sites (N-methyl/N-ethyl adjacent to an activating group) is 1. The maximum absolute atomic E-state index is 5.99. The van der Waals surface area contributed by atoms with Crippen LogP contribution in [0.1, 0.15) is 11.6 Å². The lowest BCUT2D eigenvalue weighted by atomic mass is 10.1. The third kappa shape index (κ3) is 3.81. The minimum Gasteiger partial charge on any atom is -0.383 e. The van der Waals surface area contributed by atoms with Crippen LogP contribution >= 0.6 is 11.6 Å². The molecule has 0 spiro atoms. The maximum atomic E-state index is 5.99. The molecular formula is C19H20ClN3. The Balaban J connectivity index is 1.76. The predicted octanol–water partition coefficient (Wildman–Crippen LogP) is 4.60. The molecule has 0 radical (unpaired) electrons. The summed E-state index contributed by atoms with van der Waals surface area (Å²) in [7, 11) is 4.18. The first-order chi connectivity index (χ1) is 11.1. The van der Waals surface area contributed by atoms with E-state index in [1.165, 1.54) is 5.56 Å². The molecule has 0 aliphatic rings. The molecule has 0 bridgehead atoms. The first kappa shape index (κ1) is 15.8. The molecule has 1 atom stereocenters. The van der Waals surface area contributed by atoms with E-state index in [1.54, 1.807) is 0 Å². The normalized spacial score (nSPS) is 12.5. The third-order valence-electron chi connectivity index (χ3n) is 3.98. The van der Waals surface area contributed by atoms with Crippen molar-refractivity contribution in [2.75, 3.05) is 26.0 Å². The fourth-order valence-electron chi connectivity index (χ4n) is 2.68. The number of hydrogen-bond donors (Lipinski definition) is 1. The Labute approximate surface area is 141 Å². The van der Waals surface area contributed by atoms with Gasteiger partial charge < -0.3 is 10.2 Å². The summed E-state index contributed by atoms with van der Waals surface area (Å²) in [6.07, 6.45) is 1.82. The van der Waals surface area contributed by atoms with E-state index in [9.17, 15) is 0 Å². The molecule has 0 aliphatic carbocycles. The molecule has 0 aliphatic heterocycles. The number of pyridine rings is 1. The Morgan fingerprint density at radius 1 is 1.09 bits per heavy atom. The lowest BCUT2D eigenvalue weighted by Gasteiger charge is -2.25. The van der Waals surface area contributed by atoms with Gasteiger partial charge in [-0.25, -0.2) is 0 Å². The van der Waals surface area contributed by atoms with Crippen LogP contribution < -0.4 is 5.32 Å². The lowest BCUT2D eigenvalue weighted by Crippen LogP contribution is -2.26. The van der Waals surface area contributed by atoms with Crippen LogP contribution in [0.3, 0.4) is 0 Å². The topological polar surface area (TPSA) is 28.2 Å². The van der Waals surface area contributed by atoms with Crippen molar-refractivity contribution in [2.45, 2.75) is 6.04 Å². The summed E-state index contributed by atoms with van der Waals surface area (Å²) < 4.78 is 0. The molecule has 0 saturated heterocycles. The van der Waals surface area contributed by atoms with Crippen molar-refractivity contribution in [1.29, 1.82) is 0 Å². The van der Waals surface area contributed by atoms with Crippen LogP contribution in [0.25, 0.3) is 10.9 Å². The summed E-state index contributed by atoms with van der Waals surface area (Å²) in [4.78, 5) is 6.56. The minimum atomic E-state index is 0.275. The number of nitrogens with zero attached hydrogens (tertiary/aromatic N) is 2. The van der Waals surface area contributed by atoms with Gasteiger partial charge in [0.05, 0.1) is 11.6 Å². The van der Waals surface area contributed by atoms with Gasteiger partial charge in [-0.05, 0) is 56.1 Å². The highest BCUT2D eigenvalue weighted by Gasteiger charge is 2.13. The molecule has 3 aromatic rings. The number of rotatable bonds is 5. The Hall–Kier alpha value is -2.10. The van der Waals surface area contributed by atoms with E-state index in [1.807, 2.05) is 30.5 Å². The third-order valence-corrected chi connectivity index (χ3v) is 4.23. The molecule has 1 unspecified atom stereocenters. The van der Waals surface area contributed by atoms with Crippen LogP contribution in [-0.2, 0) is 0 Å². The van der Waals surface area contributed by atoms with Gasteiger partial charge in [-0.15, -0.1) is 0 Å². The average molecular weight is 326 g/mol. The number of fused-ring (bicyclic) bond motifs is 1. The molecule has 0 saturated carbocycles. The molecule has 3 rings (SSSR count). The summed E-state index contributed by atoms with van der Waals surface area (Å²) in [5, 5.41) is 5.44. The Bertz CT molecular complexity index is 784. The second-order valence-corrected chi connectivity index (χ2v) is 6.26. The lowest BCUT2D eigenvalue weighted by molar-refractivity contribution is 0.312. The summed E-state index contributed by atoms with van der Waals surface area (Å²) in [5.41, 5.74) is 3.36. The van der Waals surface area contributed by atoms with Crippen LogP contribution in [0, 0.1) is 0 Å². The predicted molar refractivity (Wildman–Crippen MR) is 98.1 cm³/mol. The Kier molecular flexibility index (Phi) is 4.79. The van der Waals surface area contributed by atoms with E-state index in [4.69, 9.17) is 11.6 Å². The van der Waals surface area contributed by atoms with Crippen LogP contribution in [0.2, 0.25) is 5.02 Å². The van der Waals surface area contributed by atoms with Crippen molar-refractivity contribution in [3.8, 4) is 0 Å². The van der Waals surface area contributed by atoms with Gasteiger partial charge in [-0.3, -0.25) is 4.98 Å². The van der Waals surface area contributed by atoms with Crippen molar-refractivity contribution in [2.24, 2.45) is 0 Å². The molecule has 118 valence electrons. The highest BCUT2D eigenvalue weighted by molar-refractivity contribution is 6.30. The number of benzene rings is 2. The van der Waals surface area contributed by atoms with Gasteiger partial charge in [0.15, 0.2) is 0 Å². The fourth-order valence-corrected chi connectivity index (χ4v) is 2.81. The van der Waals surface area contributed by atoms with Crippen LogP contribution in [-0.4, -0.2) is 30.5 Å². The Morgan fingerprint density at radius 3 is 2.61 bits per heavy atom. The molecule has 3 nitrogen and oxygen atoms in total. The summed E-state index contributed by atoms with van der Waals surface area (Å²) >= 11 is 5.99. The summed E-state index contributed by atoms with van der Waals surface area (Å²) in [5.74, 6) is 0. The molecule has 0 fully saturated rings. The van der Waals surface area contributed by atoms with Crippen LogP contribution in [0.4, 0.5) is 5.69 Å². The van der Waals surface area contributed by atoms with E-state index in [2.05, 4.69) is 59.6 Å². The monoisotopic (exact) mass is 325 g/mol. The number of hydrogen-bond acceptors (Lipinski definition) is 3. The van der Waals surface area contributed by atoms with E-state index in [0.29, 0.717) is 0 Å². The van der Waals surface area contributed by atoms with Gasteiger partial charge in [-0.1, -0.05) is 29.8 Å². The fraction of sp³-hybridized carbons (Fsp3) is 0.211. The zero-order valence-corrected chi connectivity index (χ0v) is 14.1. The highest BCUT2D eigenvalue weighted by Crippen LogP contribution is 2.22. The number of anilines is 1. The van der Waals surface area contributed by atoms with Crippen LogP contribution in [0.5, 0.6) is 0 Å². The molecule has 4 heteroatoms. The van der Waals surface area contributed by atoms with E-state index in [-0.39, 0.29) is 6.04 Å². The van der Waals surface area contributed by atoms with E-state index >= 15 is 0 Å². The van der Waals surface area contributed by atoms with E-state index < -0.39 is 0 Å². The number of nitrogens with one attached hydrogen (secondary N) is 1. The first-order valence-electron chi connectivity index (χ1n) is 7.64. The smallest absolute Gasteiger partial charge is 0.0703 e. The van der Waals surface area contributed by atoms with Crippen molar-refractivity contribution in [1.82, 2.24) is 9.88 Å². The van der Waals surface area contributed by atoms with Gasteiger partial charge in [0.25, 0.3) is 0 Å². The molecule has 2 aromatic carbocycles. The van der Waals surface area contributed by atoms with Gasteiger partial charge in [-0.2, -0.15) is 0 Å². The second-order valence-electron chi connectivity index (χ2n) is 5.82. The highest BCUT2D eigenvalue weighted by atomic mass is 35.5. The van der Waals surface area contributed by atoms with E-state index in [0.717, 1.165) is 28.2 Å². The maximum Gasteiger partial charge on any atom is 0.0703 e. The molecule has 1 heterocycles. The number of halogens is 1. The quantitative estimate of drug-likeness (QED) is 0.743. The average Bonchev–Trinajstić information content (AvgIpc) is 2.56. The Morgan fingerprint density at radius 2 is 1.87 bits per heavy atom. The van der Waals surface area contributed by atoms with Crippen molar-refractivity contribution < 1.29 is 0 Å². The van der Waals surface area contributed by atoms with Crippen molar-refractivity contribution >= 4 is 28.2 Å². The standard InChI is InChI=1S/C19H20ClN3/c1-23(2)19(14-5-7-16(20)8-6-14)13-22-17-9-10-18-15(12-17)4-3-11-21-18/h3-12,19,22H,13H2,1-2H3. The molecule has 1 aromatic heterocycles. The van der Waals surface area contributed by atoms with Gasteiger partial charge in [0, 0.05) is 28.8 Å². The zero-order chi connectivity index (χ0) is 16.2. The molecular weight excluding hydrogens is 306 g/mol. The first-order valence-corrected chi connectivity index (χ1v) is 8.02. The summed E-state index contributed by atoms with van der Waals surface area (Å²) in [6.45, 7) is 0.820. The second kappa shape index (κ2) is 6.99. The molecule has 0 amide bonds. The van der Waals surface area contributed by atoms with Gasteiger partial charge in [0.2, 0.25) is 0 Å². The largest absolute Gasteiger partial charge is 0.383 e. The number of aromatic nitrogens is 1.